The van der Waals surface area contributed by atoms with Gasteiger partial charge in [0.05, 0.1) is 17.7 Å². The third kappa shape index (κ3) is 3.71. The van der Waals surface area contributed by atoms with Gasteiger partial charge in [0.1, 0.15) is 18.1 Å². The highest BCUT2D eigenvalue weighted by atomic mass is 35.5. The second-order valence-corrected chi connectivity index (χ2v) is 5.14. The Morgan fingerprint density at radius 3 is 2.59 bits per heavy atom. The molecule has 0 amide bonds. The van der Waals surface area contributed by atoms with Crippen LogP contribution >= 0.6 is 11.6 Å². The van der Waals surface area contributed by atoms with Gasteiger partial charge in [-0.15, -0.1) is 0 Å². The van der Waals surface area contributed by atoms with Crippen LogP contribution in [0.15, 0.2) is 36.4 Å². The number of carbonyl (C=O) groups excluding carboxylic acids is 1. The number of methoxy groups -OCH3 is 1. The van der Waals surface area contributed by atoms with Crippen LogP contribution < -0.4 is 4.74 Å². The molecule has 4 nitrogen and oxygen atoms in total. The van der Waals surface area contributed by atoms with E-state index in [1.807, 2.05) is 6.92 Å². The zero-order valence-electron chi connectivity index (χ0n) is 12.4. The number of aryl methyl sites for hydroxylation is 1. The Hall–Kier alpha value is -2.20. The molecular formula is C17H17ClO4. The molecule has 0 aliphatic carbocycles. The molecule has 2 rings (SSSR count). The van der Waals surface area contributed by atoms with E-state index in [2.05, 4.69) is 0 Å². The number of halogens is 1. The molecule has 116 valence electrons. The van der Waals surface area contributed by atoms with Crippen molar-refractivity contribution in [3.63, 3.8) is 0 Å². The standard InChI is InChI=1S/C17H17ClO4/c1-3-11-8-12(17(20)21-2)5-7-16(11)22-10-13-4-6-14(19)9-15(13)18/h4-9,19H,3,10H2,1-2H3. The summed E-state index contributed by atoms with van der Waals surface area (Å²) in [6.07, 6.45) is 0.726. The summed E-state index contributed by atoms with van der Waals surface area (Å²) in [4.78, 5) is 11.5. The minimum absolute atomic E-state index is 0.116. The molecule has 0 saturated heterocycles. The van der Waals surface area contributed by atoms with E-state index < -0.39 is 0 Å². The topological polar surface area (TPSA) is 55.8 Å². The first kappa shape index (κ1) is 16.2. The van der Waals surface area contributed by atoms with Crippen molar-refractivity contribution in [2.24, 2.45) is 0 Å². The van der Waals surface area contributed by atoms with E-state index >= 15 is 0 Å². The lowest BCUT2D eigenvalue weighted by molar-refractivity contribution is 0.0600. The van der Waals surface area contributed by atoms with Gasteiger partial charge in [0.15, 0.2) is 0 Å². The van der Waals surface area contributed by atoms with Gasteiger partial charge in [0, 0.05) is 5.56 Å². The molecule has 1 N–H and O–H groups in total. The lowest BCUT2D eigenvalue weighted by Gasteiger charge is -2.12. The van der Waals surface area contributed by atoms with Crippen molar-refractivity contribution < 1.29 is 19.4 Å². The van der Waals surface area contributed by atoms with Crippen LogP contribution in [-0.4, -0.2) is 18.2 Å². The lowest BCUT2D eigenvalue weighted by Crippen LogP contribution is -2.04. The molecule has 0 unspecified atom stereocenters. The number of carbonyl (C=O) groups is 1. The molecule has 0 aromatic heterocycles. The highest BCUT2D eigenvalue weighted by Gasteiger charge is 2.10. The third-order valence-corrected chi connectivity index (χ3v) is 3.63. The summed E-state index contributed by atoms with van der Waals surface area (Å²) in [6, 6.07) is 9.93. The van der Waals surface area contributed by atoms with E-state index in [1.165, 1.54) is 13.2 Å². The fourth-order valence-electron chi connectivity index (χ4n) is 2.05. The van der Waals surface area contributed by atoms with Crippen LogP contribution in [0.25, 0.3) is 0 Å². The van der Waals surface area contributed by atoms with Crippen molar-refractivity contribution in [1.82, 2.24) is 0 Å². The van der Waals surface area contributed by atoms with Gasteiger partial charge >= 0.3 is 5.97 Å². The first-order valence-corrected chi connectivity index (χ1v) is 7.24. The van der Waals surface area contributed by atoms with Crippen molar-refractivity contribution in [3.05, 3.63) is 58.1 Å². The number of benzene rings is 2. The fourth-order valence-corrected chi connectivity index (χ4v) is 2.28. The number of hydrogen-bond donors (Lipinski definition) is 1. The smallest absolute Gasteiger partial charge is 0.337 e. The molecule has 22 heavy (non-hydrogen) atoms. The summed E-state index contributed by atoms with van der Waals surface area (Å²) < 4.78 is 10.5. The molecule has 0 spiro atoms. The molecule has 0 aliphatic rings. The number of hydrogen-bond acceptors (Lipinski definition) is 4. The molecule has 0 heterocycles. The van der Waals surface area contributed by atoms with E-state index in [-0.39, 0.29) is 18.3 Å². The Bertz CT molecular complexity index is 682. The van der Waals surface area contributed by atoms with E-state index in [0.29, 0.717) is 16.3 Å². The van der Waals surface area contributed by atoms with Crippen molar-refractivity contribution in [2.75, 3.05) is 7.11 Å². The molecular weight excluding hydrogens is 304 g/mol. The molecule has 5 heteroatoms. The summed E-state index contributed by atoms with van der Waals surface area (Å²) in [5, 5.41) is 9.79. The Morgan fingerprint density at radius 2 is 1.95 bits per heavy atom. The molecule has 0 aliphatic heterocycles. The molecule has 0 saturated carbocycles. The second-order valence-electron chi connectivity index (χ2n) is 4.73. The SMILES string of the molecule is CCc1cc(C(=O)OC)ccc1OCc1ccc(O)cc1Cl. The molecule has 2 aromatic rings. The van der Waals surface area contributed by atoms with E-state index in [0.717, 1.165) is 17.5 Å². The number of aromatic hydroxyl groups is 1. The highest BCUT2D eigenvalue weighted by Crippen LogP contribution is 2.26. The molecule has 0 bridgehead atoms. The van der Waals surface area contributed by atoms with Gasteiger partial charge < -0.3 is 14.6 Å². The summed E-state index contributed by atoms with van der Waals surface area (Å²) in [6.45, 7) is 2.26. The van der Waals surface area contributed by atoms with Gasteiger partial charge in [-0.1, -0.05) is 24.6 Å². The van der Waals surface area contributed by atoms with Gasteiger partial charge in [-0.25, -0.2) is 4.79 Å². The van der Waals surface area contributed by atoms with Gasteiger partial charge in [-0.3, -0.25) is 0 Å². The average Bonchev–Trinajstić information content (AvgIpc) is 2.53. The fraction of sp³-hybridized carbons (Fsp3) is 0.235. The van der Waals surface area contributed by atoms with E-state index in [9.17, 15) is 9.90 Å². The lowest BCUT2D eigenvalue weighted by atomic mass is 10.1. The summed E-state index contributed by atoms with van der Waals surface area (Å²) in [5.41, 5.74) is 2.19. The maximum Gasteiger partial charge on any atom is 0.337 e. The quantitative estimate of drug-likeness (QED) is 0.847. The minimum atomic E-state index is -0.372. The van der Waals surface area contributed by atoms with Crippen LogP contribution in [0.5, 0.6) is 11.5 Å². The van der Waals surface area contributed by atoms with Gasteiger partial charge in [0.25, 0.3) is 0 Å². The van der Waals surface area contributed by atoms with Crippen LogP contribution in [0.1, 0.15) is 28.4 Å². The number of esters is 1. The Morgan fingerprint density at radius 1 is 1.18 bits per heavy atom. The molecule has 0 atom stereocenters. The molecule has 2 aromatic carbocycles. The molecule has 0 fully saturated rings. The van der Waals surface area contributed by atoms with Crippen molar-refractivity contribution in [3.8, 4) is 11.5 Å². The predicted molar refractivity (Wildman–Crippen MR) is 84.6 cm³/mol. The first-order chi connectivity index (χ1) is 10.5. The highest BCUT2D eigenvalue weighted by molar-refractivity contribution is 6.31. The van der Waals surface area contributed by atoms with E-state index in [4.69, 9.17) is 21.1 Å². The Kier molecular flexibility index (Phi) is 5.28. The summed E-state index contributed by atoms with van der Waals surface area (Å²) >= 11 is 6.05. The number of rotatable bonds is 5. The van der Waals surface area contributed by atoms with Crippen molar-refractivity contribution >= 4 is 17.6 Å². The zero-order valence-corrected chi connectivity index (χ0v) is 13.2. The zero-order chi connectivity index (χ0) is 16.1. The number of phenolic OH excluding ortho intramolecular Hbond substituents is 1. The summed E-state index contributed by atoms with van der Waals surface area (Å²) in [5.74, 6) is 0.438. The number of phenols is 1. The van der Waals surface area contributed by atoms with Crippen LogP contribution in [0, 0.1) is 0 Å². The normalized spacial score (nSPS) is 10.3. The number of ether oxygens (including phenoxy) is 2. The maximum atomic E-state index is 11.5. The van der Waals surface area contributed by atoms with Crippen molar-refractivity contribution in [1.29, 1.82) is 0 Å². The van der Waals surface area contributed by atoms with Crippen LogP contribution in [-0.2, 0) is 17.8 Å². The van der Waals surface area contributed by atoms with Crippen LogP contribution in [0.3, 0.4) is 0 Å². The summed E-state index contributed by atoms with van der Waals surface area (Å²) in [7, 11) is 1.35. The molecule has 0 radical (unpaired) electrons. The minimum Gasteiger partial charge on any atom is -0.508 e. The largest absolute Gasteiger partial charge is 0.508 e. The third-order valence-electron chi connectivity index (χ3n) is 3.28. The van der Waals surface area contributed by atoms with Gasteiger partial charge in [-0.05, 0) is 42.3 Å². The van der Waals surface area contributed by atoms with Crippen LogP contribution in [0.4, 0.5) is 0 Å². The monoisotopic (exact) mass is 320 g/mol. The average molecular weight is 321 g/mol. The van der Waals surface area contributed by atoms with E-state index in [1.54, 1.807) is 30.3 Å². The predicted octanol–water partition coefficient (Wildman–Crippen LogP) is 3.97. The second kappa shape index (κ2) is 7.18. The Labute approximate surface area is 134 Å². The van der Waals surface area contributed by atoms with Gasteiger partial charge in [-0.2, -0.15) is 0 Å². The van der Waals surface area contributed by atoms with Crippen LogP contribution in [0.2, 0.25) is 5.02 Å². The Balaban J connectivity index is 2.17. The van der Waals surface area contributed by atoms with Gasteiger partial charge in [0.2, 0.25) is 0 Å². The first-order valence-electron chi connectivity index (χ1n) is 6.86. The maximum absolute atomic E-state index is 11.5. The van der Waals surface area contributed by atoms with Crippen molar-refractivity contribution in [2.45, 2.75) is 20.0 Å².